The molecule has 0 radical (unpaired) electrons. The lowest BCUT2D eigenvalue weighted by molar-refractivity contribution is 0.112. The van der Waals surface area contributed by atoms with Crippen molar-refractivity contribution in [3.05, 3.63) is 23.8 Å². The summed E-state index contributed by atoms with van der Waals surface area (Å²) in [5, 5.41) is -0.222. The van der Waals surface area contributed by atoms with Gasteiger partial charge in [0, 0.05) is 10.5 Å². The summed E-state index contributed by atoms with van der Waals surface area (Å²) in [5.74, 6) is 0. The van der Waals surface area contributed by atoms with Crippen molar-refractivity contribution in [2.24, 2.45) is 0 Å². The predicted molar refractivity (Wildman–Crippen MR) is 50.8 cm³/mol. The van der Waals surface area contributed by atoms with Crippen LogP contribution >= 0.6 is 20.2 Å². The molecule has 6 heteroatoms. The average Bonchev–Trinajstić information content (AvgIpc) is 2.02. The van der Waals surface area contributed by atoms with Crippen molar-refractivity contribution in [1.82, 2.24) is 0 Å². The summed E-state index contributed by atoms with van der Waals surface area (Å²) in [5.41, 5.74) is 0.171. The highest BCUT2D eigenvalue weighted by molar-refractivity contribution is 7.81. The maximum atomic E-state index is 10.9. The Hall–Kier alpha value is -0.610. The summed E-state index contributed by atoms with van der Waals surface area (Å²) in [6, 6.07) is 4.09. The third-order valence-electron chi connectivity index (χ3n) is 1.49. The second-order valence-corrected chi connectivity index (χ2v) is 4.39. The number of thiol groups is 1. The summed E-state index contributed by atoms with van der Waals surface area (Å²) in [6.07, 6.45) is 0.501. The van der Waals surface area contributed by atoms with E-state index >= 15 is 0 Å². The Kier molecular flexibility index (Phi) is 2.93. The molecule has 0 unspecified atom stereocenters. The van der Waals surface area contributed by atoms with Gasteiger partial charge in [0.25, 0.3) is 0 Å². The van der Waals surface area contributed by atoms with Crippen LogP contribution in [0, 0.1) is 0 Å². The third kappa shape index (κ3) is 2.19. The van der Waals surface area contributed by atoms with E-state index in [0.29, 0.717) is 6.29 Å². The molecule has 0 heterocycles. The molecule has 1 aromatic rings. The highest BCUT2D eigenvalue weighted by Crippen LogP contribution is 2.36. The van der Waals surface area contributed by atoms with Crippen molar-refractivity contribution in [3.8, 4) is 0 Å². The Morgan fingerprint density at radius 3 is 2.46 bits per heavy atom. The minimum Gasteiger partial charge on any atom is -0.321 e. The first-order valence-electron chi connectivity index (χ1n) is 3.30. The number of hydrogen-bond acceptors (Lipinski definition) is 3. The maximum absolute atomic E-state index is 10.9. The van der Waals surface area contributed by atoms with Gasteiger partial charge in [-0.15, -0.1) is 12.6 Å². The molecular formula is C7H7O4PS. The first-order chi connectivity index (χ1) is 5.96. The van der Waals surface area contributed by atoms with Gasteiger partial charge in [-0.2, -0.15) is 0 Å². The van der Waals surface area contributed by atoms with Gasteiger partial charge in [0.05, 0.1) is 5.30 Å². The number of carbonyl (C=O) groups is 1. The predicted octanol–water partition coefficient (Wildman–Crippen LogP) is 0.591. The van der Waals surface area contributed by atoms with Crippen LogP contribution in [-0.2, 0) is 4.57 Å². The van der Waals surface area contributed by atoms with Gasteiger partial charge in [0.1, 0.15) is 0 Å². The van der Waals surface area contributed by atoms with E-state index in [4.69, 9.17) is 9.79 Å². The van der Waals surface area contributed by atoms with Crippen molar-refractivity contribution in [1.29, 1.82) is 0 Å². The molecule has 1 rings (SSSR count). The molecule has 0 bridgehead atoms. The number of benzene rings is 1. The van der Waals surface area contributed by atoms with E-state index in [0.717, 1.165) is 0 Å². The first-order valence-corrected chi connectivity index (χ1v) is 5.36. The van der Waals surface area contributed by atoms with Gasteiger partial charge in [-0.25, -0.2) is 0 Å². The number of hydrogen-bond donors (Lipinski definition) is 3. The fourth-order valence-corrected chi connectivity index (χ4v) is 2.16. The zero-order valence-electron chi connectivity index (χ0n) is 6.41. The van der Waals surface area contributed by atoms with Gasteiger partial charge < -0.3 is 9.79 Å². The maximum Gasteiger partial charge on any atom is 0.357 e. The summed E-state index contributed by atoms with van der Waals surface area (Å²) >= 11 is 3.86. The minimum atomic E-state index is -4.33. The second kappa shape index (κ2) is 3.64. The third-order valence-corrected chi connectivity index (χ3v) is 3.16. The average molecular weight is 218 g/mol. The lowest BCUT2D eigenvalue weighted by Crippen LogP contribution is -2.07. The largest absolute Gasteiger partial charge is 0.357 e. The van der Waals surface area contributed by atoms with Crippen LogP contribution in [0.4, 0.5) is 0 Å². The van der Waals surface area contributed by atoms with Crippen LogP contribution < -0.4 is 5.30 Å². The lowest BCUT2D eigenvalue weighted by Gasteiger charge is -2.07. The summed E-state index contributed by atoms with van der Waals surface area (Å²) in [7, 11) is -4.33. The van der Waals surface area contributed by atoms with Gasteiger partial charge in [-0.1, -0.05) is 12.1 Å². The van der Waals surface area contributed by atoms with Crippen molar-refractivity contribution >= 4 is 31.8 Å². The molecule has 4 nitrogen and oxygen atoms in total. The normalized spacial score (nSPS) is 11.3. The second-order valence-electron chi connectivity index (χ2n) is 2.38. The molecule has 2 N–H and O–H groups in total. The molecule has 0 amide bonds. The van der Waals surface area contributed by atoms with Crippen LogP contribution in [-0.4, -0.2) is 16.1 Å². The Bertz CT molecular complexity index is 384. The molecule has 0 aliphatic carbocycles. The van der Waals surface area contributed by atoms with E-state index in [9.17, 15) is 9.36 Å². The summed E-state index contributed by atoms with van der Waals surface area (Å²) in [4.78, 5) is 28.1. The molecule has 0 aromatic heterocycles. The van der Waals surface area contributed by atoms with Crippen molar-refractivity contribution in [2.75, 3.05) is 0 Å². The molecule has 0 aliphatic heterocycles. The van der Waals surface area contributed by atoms with Crippen LogP contribution in [0.5, 0.6) is 0 Å². The van der Waals surface area contributed by atoms with E-state index < -0.39 is 7.60 Å². The van der Waals surface area contributed by atoms with E-state index in [1.54, 1.807) is 0 Å². The molecule has 0 fully saturated rings. The quantitative estimate of drug-likeness (QED) is 0.386. The fraction of sp³-hybridized carbons (Fsp3) is 0. The molecule has 70 valence electrons. The molecule has 0 atom stereocenters. The van der Waals surface area contributed by atoms with Gasteiger partial charge in [-0.3, -0.25) is 9.36 Å². The number of aldehydes is 1. The van der Waals surface area contributed by atoms with Crippen LogP contribution in [0.1, 0.15) is 10.4 Å². The van der Waals surface area contributed by atoms with Gasteiger partial charge in [0.15, 0.2) is 6.29 Å². The minimum absolute atomic E-state index is 0.0332. The zero-order valence-corrected chi connectivity index (χ0v) is 8.20. The van der Waals surface area contributed by atoms with Crippen molar-refractivity contribution < 1.29 is 19.1 Å². The van der Waals surface area contributed by atoms with Crippen LogP contribution in [0.3, 0.4) is 0 Å². The Morgan fingerprint density at radius 1 is 1.38 bits per heavy atom. The molecule has 1 aromatic carbocycles. The fourth-order valence-electron chi connectivity index (χ4n) is 0.879. The summed E-state index contributed by atoms with van der Waals surface area (Å²) in [6.45, 7) is 0. The molecule has 0 saturated carbocycles. The van der Waals surface area contributed by atoms with Crippen LogP contribution in [0.2, 0.25) is 0 Å². The van der Waals surface area contributed by atoms with E-state index in [2.05, 4.69) is 12.6 Å². The smallest absolute Gasteiger partial charge is 0.321 e. The van der Waals surface area contributed by atoms with E-state index in [1.807, 2.05) is 0 Å². The van der Waals surface area contributed by atoms with Gasteiger partial charge >= 0.3 is 7.60 Å². The zero-order chi connectivity index (χ0) is 10.1. The molecule has 0 aliphatic rings. The molecule has 13 heavy (non-hydrogen) atoms. The summed E-state index contributed by atoms with van der Waals surface area (Å²) < 4.78 is 10.9. The monoisotopic (exact) mass is 218 g/mol. The molecule has 0 spiro atoms. The van der Waals surface area contributed by atoms with Crippen LogP contribution in [0.15, 0.2) is 23.1 Å². The Balaban J connectivity index is 3.41. The lowest BCUT2D eigenvalue weighted by atomic mass is 10.2. The Morgan fingerprint density at radius 2 is 2.00 bits per heavy atom. The molecule has 0 saturated heterocycles. The Labute approximate surface area is 80.2 Å². The van der Waals surface area contributed by atoms with E-state index in [1.165, 1.54) is 18.2 Å². The number of rotatable bonds is 2. The highest BCUT2D eigenvalue weighted by Gasteiger charge is 2.21. The van der Waals surface area contributed by atoms with Gasteiger partial charge in [-0.05, 0) is 6.07 Å². The number of carbonyl (C=O) groups excluding carboxylic acids is 1. The highest BCUT2D eigenvalue weighted by atomic mass is 32.1. The van der Waals surface area contributed by atoms with Gasteiger partial charge in [0.2, 0.25) is 0 Å². The molecular weight excluding hydrogens is 211 g/mol. The van der Waals surface area contributed by atoms with Crippen LogP contribution in [0.25, 0.3) is 0 Å². The van der Waals surface area contributed by atoms with Crippen molar-refractivity contribution in [3.63, 3.8) is 0 Å². The SMILES string of the molecule is O=Cc1cccc(P(=O)(O)O)c1S. The van der Waals surface area contributed by atoms with Crippen molar-refractivity contribution in [2.45, 2.75) is 4.90 Å². The standard InChI is InChI=1S/C7H7O4PS/c8-4-5-2-1-3-6(7(5)13)12(9,10)11/h1-4,13H,(H2,9,10,11). The topological polar surface area (TPSA) is 74.6 Å². The first kappa shape index (κ1) is 10.5. The van der Waals surface area contributed by atoms with E-state index in [-0.39, 0.29) is 15.8 Å².